The maximum absolute atomic E-state index is 9.11. The van der Waals surface area contributed by atoms with E-state index in [2.05, 4.69) is 0 Å². The molecule has 0 bridgehead atoms. The lowest BCUT2D eigenvalue weighted by atomic mass is 9.78. The van der Waals surface area contributed by atoms with Gasteiger partial charge in [0.2, 0.25) is 0 Å². The Bertz CT molecular complexity index is 343. The molecule has 0 radical (unpaired) electrons. The van der Waals surface area contributed by atoms with Crippen molar-refractivity contribution in [2.75, 3.05) is 13.9 Å². The topological polar surface area (TPSA) is 58.9 Å². The van der Waals surface area contributed by atoms with E-state index < -0.39 is 7.12 Å². The third-order valence-corrected chi connectivity index (χ3v) is 2.38. The van der Waals surface area contributed by atoms with E-state index in [4.69, 9.17) is 31.1 Å². The molecule has 1 aromatic carbocycles. The summed E-state index contributed by atoms with van der Waals surface area (Å²) in [6.07, 6.45) is 0. The van der Waals surface area contributed by atoms with Crippen LogP contribution >= 0.6 is 11.6 Å². The van der Waals surface area contributed by atoms with Crippen LogP contribution in [0.1, 0.15) is 5.56 Å². The Morgan fingerprint density at radius 1 is 1.40 bits per heavy atom. The number of ether oxygens (including phenoxy) is 2. The zero-order chi connectivity index (χ0) is 11.4. The van der Waals surface area contributed by atoms with E-state index in [-0.39, 0.29) is 12.3 Å². The van der Waals surface area contributed by atoms with E-state index in [1.54, 1.807) is 13.0 Å². The van der Waals surface area contributed by atoms with Crippen LogP contribution in [0.15, 0.2) is 12.1 Å². The van der Waals surface area contributed by atoms with Crippen LogP contribution < -0.4 is 10.2 Å². The maximum atomic E-state index is 9.11. The molecule has 6 heteroatoms. The quantitative estimate of drug-likeness (QED) is 0.577. The lowest BCUT2D eigenvalue weighted by Gasteiger charge is -2.14. The molecule has 0 spiro atoms. The zero-order valence-electron chi connectivity index (χ0n) is 8.53. The van der Waals surface area contributed by atoms with Crippen molar-refractivity contribution < 1.29 is 19.5 Å². The van der Waals surface area contributed by atoms with E-state index in [1.807, 2.05) is 0 Å². The highest BCUT2D eigenvalue weighted by Gasteiger charge is 2.20. The largest absolute Gasteiger partial charge is 0.492 e. The van der Waals surface area contributed by atoms with Gasteiger partial charge in [-0.1, -0.05) is 17.7 Å². The van der Waals surface area contributed by atoms with Gasteiger partial charge in [0.1, 0.15) is 5.75 Å². The van der Waals surface area contributed by atoms with Crippen molar-refractivity contribution in [3.63, 3.8) is 0 Å². The molecule has 0 amide bonds. The molecule has 0 saturated heterocycles. The minimum absolute atomic E-state index is 0.0287. The summed E-state index contributed by atoms with van der Waals surface area (Å²) >= 11 is 5.89. The monoisotopic (exact) mass is 230 g/mol. The second kappa shape index (κ2) is 5.37. The molecular weight excluding hydrogens is 218 g/mol. The molecule has 1 aromatic rings. The minimum atomic E-state index is -1.59. The van der Waals surface area contributed by atoms with E-state index in [1.165, 1.54) is 13.2 Å². The lowest BCUT2D eigenvalue weighted by molar-refractivity contribution is 0.0512. The molecule has 0 aromatic heterocycles. The number of methoxy groups -OCH3 is 1. The second-order valence-electron chi connectivity index (χ2n) is 3.02. The van der Waals surface area contributed by atoms with Crippen molar-refractivity contribution in [3.05, 3.63) is 22.7 Å². The third kappa shape index (κ3) is 2.85. The smallest absolute Gasteiger partial charge is 0.468 e. The first-order chi connectivity index (χ1) is 7.07. The lowest BCUT2D eigenvalue weighted by Crippen LogP contribution is -2.32. The highest BCUT2D eigenvalue weighted by Crippen LogP contribution is 2.23. The Hall–Kier alpha value is -0.745. The molecule has 0 aliphatic rings. The van der Waals surface area contributed by atoms with Crippen LogP contribution in [0.2, 0.25) is 5.02 Å². The summed E-state index contributed by atoms with van der Waals surface area (Å²) in [5.41, 5.74) is 0.924. The molecule has 4 nitrogen and oxygen atoms in total. The molecule has 0 aliphatic heterocycles. The van der Waals surface area contributed by atoms with Crippen molar-refractivity contribution in [1.29, 1.82) is 0 Å². The summed E-state index contributed by atoms with van der Waals surface area (Å²) in [5.74, 6) is 0.347. The maximum Gasteiger partial charge on any atom is 0.492 e. The summed E-state index contributed by atoms with van der Waals surface area (Å²) in [6, 6.07) is 3.09. The van der Waals surface area contributed by atoms with E-state index >= 15 is 0 Å². The van der Waals surface area contributed by atoms with Crippen LogP contribution in [0.25, 0.3) is 0 Å². The van der Waals surface area contributed by atoms with Crippen LogP contribution in [0.5, 0.6) is 5.75 Å². The molecule has 0 saturated carbocycles. The Morgan fingerprint density at radius 3 is 2.60 bits per heavy atom. The number of hydrogen-bond acceptors (Lipinski definition) is 4. The summed E-state index contributed by atoms with van der Waals surface area (Å²) in [7, 11) is -0.109. The van der Waals surface area contributed by atoms with Crippen LogP contribution in [0.3, 0.4) is 0 Å². The van der Waals surface area contributed by atoms with E-state index in [0.29, 0.717) is 16.3 Å². The van der Waals surface area contributed by atoms with Gasteiger partial charge in [0.25, 0.3) is 0 Å². The molecule has 0 fully saturated rings. The number of rotatable bonds is 4. The van der Waals surface area contributed by atoms with Gasteiger partial charge in [0.05, 0.1) is 0 Å². The number of hydrogen-bond donors (Lipinski definition) is 2. The molecule has 2 N–H and O–H groups in total. The molecule has 0 atom stereocenters. The first-order valence-corrected chi connectivity index (χ1v) is 4.72. The number of benzene rings is 1. The number of halogens is 1. The van der Waals surface area contributed by atoms with Gasteiger partial charge in [-0.15, -0.1) is 0 Å². The fourth-order valence-electron chi connectivity index (χ4n) is 1.20. The highest BCUT2D eigenvalue weighted by molar-refractivity contribution is 6.60. The van der Waals surface area contributed by atoms with Gasteiger partial charge in [-0.3, -0.25) is 0 Å². The fraction of sp³-hybridized carbons (Fsp3) is 0.333. The molecule has 0 heterocycles. The van der Waals surface area contributed by atoms with E-state index in [9.17, 15) is 0 Å². The SMILES string of the molecule is COCOc1c(B(O)O)ccc(Cl)c1C. The first kappa shape index (κ1) is 12.3. The predicted molar refractivity (Wildman–Crippen MR) is 58.5 cm³/mol. The first-order valence-electron chi connectivity index (χ1n) is 4.34. The fourth-order valence-corrected chi connectivity index (χ4v) is 1.35. The van der Waals surface area contributed by atoms with Crippen molar-refractivity contribution in [1.82, 2.24) is 0 Å². The van der Waals surface area contributed by atoms with Crippen molar-refractivity contribution in [3.8, 4) is 5.75 Å². The molecule has 0 aliphatic carbocycles. The van der Waals surface area contributed by atoms with Gasteiger partial charge < -0.3 is 19.5 Å². The predicted octanol–water partition coefficient (Wildman–Crippen LogP) is 0.311. The molecule has 0 unspecified atom stereocenters. The van der Waals surface area contributed by atoms with Gasteiger partial charge in [-0.25, -0.2) is 0 Å². The third-order valence-electron chi connectivity index (χ3n) is 1.97. The standard InChI is InChI=1S/C9H12BClO4/c1-6-8(11)4-3-7(10(12)13)9(6)15-5-14-2/h3-4,12-13H,5H2,1-2H3. The summed E-state index contributed by atoms with van der Waals surface area (Å²) in [4.78, 5) is 0. The van der Waals surface area contributed by atoms with Crippen molar-refractivity contribution in [2.24, 2.45) is 0 Å². The molecule has 15 heavy (non-hydrogen) atoms. The Balaban J connectivity index is 3.10. The van der Waals surface area contributed by atoms with Gasteiger partial charge in [-0.05, 0) is 13.0 Å². The summed E-state index contributed by atoms with van der Waals surface area (Å²) < 4.78 is 9.98. The highest BCUT2D eigenvalue weighted by atomic mass is 35.5. The Kier molecular flexibility index (Phi) is 4.41. The summed E-state index contributed by atoms with van der Waals surface area (Å²) in [5, 5.41) is 18.7. The Labute approximate surface area is 93.5 Å². The van der Waals surface area contributed by atoms with Gasteiger partial charge in [0, 0.05) is 23.2 Å². The summed E-state index contributed by atoms with van der Waals surface area (Å²) in [6.45, 7) is 1.76. The van der Waals surface area contributed by atoms with Crippen LogP contribution in [-0.2, 0) is 4.74 Å². The van der Waals surface area contributed by atoms with Gasteiger partial charge in [-0.2, -0.15) is 0 Å². The normalized spacial score (nSPS) is 10.2. The molecule has 82 valence electrons. The van der Waals surface area contributed by atoms with Crippen molar-refractivity contribution >= 4 is 24.2 Å². The van der Waals surface area contributed by atoms with Gasteiger partial charge in [0.15, 0.2) is 6.79 Å². The second-order valence-corrected chi connectivity index (χ2v) is 3.42. The van der Waals surface area contributed by atoms with E-state index in [0.717, 1.165) is 0 Å². The van der Waals surface area contributed by atoms with Crippen molar-refractivity contribution in [2.45, 2.75) is 6.92 Å². The van der Waals surface area contributed by atoms with Crippen LogP contribution in [0, 0.1) is 6.92 Å². The van der Waals surface area contributed by atoms with Crippen LogP contribution in [0.4, 0.5) is 0 Å². The van der Waals surface area contributed by atoms with Gasteiger partial charge >= 0.3 is 7.12 Å². The average molecular weight is 230 g/mol. The molecule has 1 rings (SSSR count). The molecular formula is C9H12BClO4. The Morgan fingerprint density at radius 2 is 2.07 bits per heavy atom. The van der Waals surface area contributed by atoms with Crippen LogP contribution in [-0.4, -0.2) is 31.1 Å². The zero-order valence-corrected chi connectivity index (χ0v) is 9.28. The average Bonchev–Trinajstić information content (AvgIpc) is 2.19. The minimum Gasteiger partial charge on any atom is -0.468 e.